The molecule has 0 fully saturated rings. The van der Waals surface area contributed by atoms with Crippen LogP contribution in [-0.4, -0.2) is 44.6 Å². The van der Waals surface area contributed by atoms with Gasteiger partial charge in [0, 0.05) is 5.41 Å². The lowest BCUT2D eigenvalue weighted by molar-refractivity contribution is -0.149. The van der Waals surface area contributed by atoms with Gasteiger partial charge in [-0.1, -0.05) is 59.7 Å². The maximum atomic E-state index is 11.3. The van der Waals surface area contributed by atoms with Crippen LogP contribution in [0.4, 0.5) is 0 Å². The summed E-state index contributed by atoms with van der Waals surface area (Å²) in [5.41, 5.74) is 2.05. The Bertz CT molecular complexity index is 725. The smallest absolute Gasteiger partial charge is 0.332 e. The summed E-state index contributed by atoms with van der Waals surface area (Å²) in [7, 11) is 0. The van der Waals surface area contributed by atoms with Gasteiger partial charge in [0.05, 0.1) is 0 Å². The van der Waals surface area contributed by atoms with E-state index in [-0.39, 0.29) is 12.8 Å². The van der Waals surface area contributed by atoms with Crippen molar-refractivity contribution in [3.05, 3.63) is 70.8 Å². The maximum absolute atomic E-state index is 11.3. The van der Waals surface area contributed by atoms with Gasteiger partial charge in [0.25, 0.3) is 0 Å². The summed E-state index contributed by atoms with van der Waals surface area (Å²) in [6, 6.07) is 14.4. The van der Waals surface area contributed by atoms with Gasteiger partial charge in [-0.25, -0.2) is 9.59 Å². The first-order valence-electron chi connectivity index (χ1n) is 8.62. The molecule has 6 heteroatoms. The Morgan fingerprint density at radius 3 is 1.30 bits per heavy atom. The quantitative estimate of drug-likeness (QED) is 0.565. The number of carboxylic acids is 2. The third-order valence-electron chi connectivity index (χ3n) is 4.86. The van der Waals surface area contributed by atoms with Crippen LogP contribution in [0, 0.1) is 13.8 Å². The molecule has 0 heterocycles. The molecule has 0 saturated carbocycles. The molecule has 2 rings (SSSR count). The molecule has 2 aromatic rings. The Hall–Kier alpha value is -2.70. The lowest BCUT2D eigenvalue weighted by Crippen LogP contribution is -2.40. The highest BCUT2D eigenvalue weighted by molar-refractivity contribution is 5.73. The molecule has 2 unspecified atom stereocenters. The number of aryl methyl sites for hydroxylation is 2. The van der Waals surface area contributed by atoms with Crippen LogP contribution in [0.2, 0.25) is 0 Å². The molecule has 27 heavy (non-hydrogen) atoms. The summed E-state index contributed by atoms with van der Waals surface area (Å²) >= 11 is 0. The minimum atomic E-state index is -1.71. The second kappa shape index (κ2) is 8.33. The van der Waals surface area contributed by atoms with Crippen molar-refractivity contribution in [2.45, 2.75) is 44.3 Å². The monoisotopic (exact) mass is 372 g/mol. The van der Waals surface area contributed by atoms with Gasteiger partial charge in [0.15, 0.2) is 12.2 Å². The van der Waals surface area contributed by atoms with Crippen LogP contribution < -0.4 is 0 Å². The third-order valence-corrected chi connectivity index (χ3v) is 4.86. The Morgan fingerprint density at radius 1 is 0.741 bits per heavy atom. The Kier molecular flexibility index (Phi) is 6.36. The number of hydrogen-bond acceptors (Lipinski definition) is 4. The molecule has 0 saturated heterocycles. The lowest BCUT2D eigenvalue weighted by Gasteiger charge is -2.37. The molecular weight excluding hydrogens is 348 g/mol. The first-order valence-corrected chi connectivity index (χ1v) is 8.62. The summed E-state index contributed by atoms with van der Waals surface area (Å²) in [4.78, 5) is 22.7. The molecule has 0 aromatic heterocycles. The SMILES string of the molecule is Cc1ccc(C(CC(O)C(=O)O)(CC(O)C(=O)O)c2ccc(C)cc2)cc1. The van der Waals surface area contributed by atoms with Crippen LogP contribution in [0.15, 0.2) is 48.5 Å². The van der Waals surface area contributed by atoms with Crippen LogP contribution in [-0.2, 0) is 15.0 Å². The molecule has 0 aliphatic rings. The largest absolute Gasteiger partial charge is 0.479 e. The van der Waals surface area contributed by atoms with E-state index in [0.717, 1.165) is 11.1 Å². The third kappa shape index (κ3) is 4.72. The van der Waals surface area contributed by atoms with Gasteiger partial charge in [-0.3, -0.25) is 0 Å². The van der Waals surface area contributed by atoms with E-state index in [9.17, 15) is 30.0 Å². The Balaban J connectivity index is 2.69. The second-order valence-electron chi connectivity index (χ2n) is 6.93. The number of carboxylic acid groups (broad SMARTS) is 2. The molecule has 2 aromatic carbocycles. The van der Waals surface area contributed by atoms with Crippen LogP contribution >= 0.6 is 0 Å². The van der Waals surface area contributed by atoms with Gasteiger partial charge < -0.3 is 20.4 Å². The van der Waals surface area contributed by atoms with Crippen LogP contribution in [0.5, 0.6) is 0 Å². The van der Waals surface area contributed by atoms with Gasteiger partial charge in [-0.15, -0.1) is 0 Å². The van der Waals surface area contributed by atoms with Crippen molar-refractivity contribution >= 4 is 11.9 Å². The Labute approximate surface area is 157 Å². The van der Waals surface area contributed by atoms with E-state index in [1.54, 1.807) is 24.3 Å². The van der Waals surface area contributed by atoms with E-state index in [1.807, 2.05) is 38.1 Å². The number of aliphatic hydroxyl groups excluding tert-OH is 2. The topological polar surface area (TPSA) is 115 Å². The second-order valence-corrected chi connectivity index (χ2v) is 6.93. The zero-order valence-electron chi connectivity index (χ0n) is 15.3. The molecule has 4 N–H and O–H groups in total. The fourth-order valence-corrected chi connectivity index (χ4v) is 3.30. The number of carbonyl (C=O) groups is 2. The molecule has 0 aliphatic carbocycles. The van der Waals surface area contributed by atoms with E-state index >= 15 is 0 Å². The van der Waals surface area contributed by atoms with Gasteiger partial charge in [0.2, 0.25) is 0 Å². The van der Waals surface area contributed by atoms with Gasteiger partial charge in [0.1, 0.15) is 0 Å². The molecular formula is C21H24O6. The number of rotatable bonds is 8. The van der Waals surface area contributed by atoms with E-state index in [2.05, 4.69) is 0 Å². The van der Waals surface area contributed by atoms with Crippen molar-refractivity contribution in [1.29, 1.82) is 0 Å². The number of hydrogen-bond donors (Lipinski definition) is 4. The highest BCUT2D eigenvalue weighted by Gasteiger charge is 2.41. The molecule has 0 spiro atoms. The minimum Gasteiger partial charge on any atom is -0.479 e. The van der Waals surface area contributed by atoms with Gasteiger partial charge in [-0.2, -0.15) is 0 Å². The standard InChI is InChI=1S/C21H24O6/c1-13-3-7-15(8-4-13)21(11-17(22)19(24)25,12-18(23)20(26)27)16-9-5-14(2)6-10-16/h3-10,17-18,22-23H,11-12H2,1-2H3,(H,24,25)(H,26,27). The highest BCUT2D eigenvalue weighted by Crippen LogP contribution is 2.41. The van der Waals surface area contributed by atoms with Crippen molar-refractivity contribution in [1.82, 2.24) is 0 Å². The molecule has 144 valence electrons. The van der Waals surface area contributed by atoms with Crippen molar-refractivity contribution in [3.63, 3.8) is 0 Å². The first kappa shape index (κ1) is 20.6. The van der Waals surface area contributed by atoms with Crippen molar-refractivity contribution in [3.8, 4) is 0 Å². The molecule has 6 nitrogen and oxygen atoms in total. The predicted molar refractivity (Wildman–Crippen MR) is 99.7 cm³/mol. The van der Waals surface area contributed by atoms with Crippen LogP contribution in [0.3, 0.4) is 0 Å². The van der Waals surface area contributed by atoms with Gasteiger partial charge >= 0.3 is 11.9 Å². The molecule has 2 atom stereocenters. The average Bonchev–Trinajstić information content (AvgIpc) is 2.62. The molecule has 0 amide bonds. The lowest BCUT2D eigenvalue weighted by atomic mass is 9.67. The predicted octanol–water partition coefficient (Wildman–Crippen LogP) is 2.26. The number of benzene rings is 2. The normalized spacial score (nSPS) is 13.8. The average molecular weight is 372 g/mol. The van der Waals surface area contributed by atoms with Crippen LogP contribution in [0.1, 0.15) is 35.1 Å². The van der Waals surface area contributed by atoms with Gasteiger partial charge in [-0.05, 0) is 37.8 Å². The van der Waals surface area contributed by atoms with Crippen molar-refractivity contribution in [2.24, 2.45) is 0 Å². The molecule has 0 aliphatic heterocycles. The Morgan fingerprint density at radius 2 is 1.04 bits per heavy atom. The zero-order chi connectivity index (χ0) is 20.2. The maximum Gasteiger partial charge on any atom is 0.332 e. The number of aliphatic hydroxyl groups is 2. The fourth-order valence-electron chi connectivity index (χ4n) is 3.30. The zero-order valence-corrected chi connectivity index (χ0v) is 15.3. The summed E-state index contributed by atoms with van der Waals surface area (Å²) in [5.74, 6) is -2.80. The fraction of sp³-hybridized carbons (Fsp3) is 0.333. The first-order chi connectivity index (χ1) is 12.7. The highest BCUT2D eigenvalue weighted by atomic mass is 16.4. The van der Waals surface area contributed by atoms with E-state index in [0.29, 0.717) is 11.1 Å². The summed E-state index contributed by atoms with van der Waals surface area (Å²) in [6.45, 7) is 3.80. The van der Waals surface area contributed by atoms with E-state index in [1.165, 1.54) is 0 Å². The summed E-state index contributed by atoms with van der Waals surface area (Å²) < 4.78 is 0. The molecule has 0 radical (unpaired) electrons. The van der Waals surface area contributed by atoms with Crippen molar-refractivity contribution < 1.29 is 30.0 Å². The minimum absolute atomic E-state index is 0.265. The van der Waals surface area contributed by atoms with E-state index in [4.69, 9.17) is 0 Å². The summed E-state index contributed by atoms with van der Waals surface area (Å²) in [5, 5.41) is 38.7. The van der Waals surface area contributed by atoms with Crippen LogP contribution in [0.25, 0.3) is 0 Å². The van der Waals surface area contributed by atoms with E-state index < -0.39 is 29.6 Å². The summed E-state index contributed by atoms with van der Waals surface area (Å²) in [6.07, 6.45) is -3.96. The van der Waals surface area contributed by atoms with Crippen molar-refractivity contribution in [2.75, 3.05) is 0 Å². The molecule has 0 bridgehead atoms. The number of aliphatic carboxylic acids is 2.